The molecule has 1 aromatic carbocycles. The van der Waals surface area contributed by atoms with Crippen LogP contribution in [-0.4, -0.2) is 23.6 Å². The number of Topliss-reactive ketones (excluding diaryl/α,β-unsaturated/α-hetero) is 1. The summed E-state index contributed by atoms with van der Waals surface area (Å²) in [7, 11) is 0. The molecular weight excluding hydrogens is 350 g/mol. The molecule has 1 aromatic heterocycles. The summed E-state index contributed by atoms with van der Waals surface area (Å²) in [5, 5.41) is 3.24. The molecule has 2 aliphatic carbocycles. The average Bonchev–Trinajstić information content (AvgIpc) is 3.36. The van der Waals surface area contributed by atoms with Gasteiger partial charge in [0, 0.05) is 6.04 Å². The van der Waals surface area contributed by atoms with Crippen LogP contribution in [0.3, 0.4) is 0 Å². The number of carbonyl (C=O) groups is 3. The maximum absolute atomic E-state index is 13.3. The number of nitrogens with two attached hydrogens (primary N) is 2. The van der Waals surface area contributed by atoms with Crippen LogP contribution >= 0.6 is 11.3 Å². The molecule has 7 heteroatoms. The first-order chi connectivity index (χ1) is 12.4. The predicted molar refractivity (Wildman–Crippen MR) is 99.2 cm³/mol. The van der Waals surface area contributed by atoms with Gasteiger partial charge in [-0.05, 0) is 36.8 Å². The molecule has 1 unspecified atom stereocenters. The number of benzene rings is 1. The summed E-state index contributed by atoms with van der Waals surface area (Å²) >= 11 is 1.07. The Balaban J connectivity index is 1.79. The fourth-order valence-electron chi connectivity index (χ4n) is 3.64. The highest BCUT2D eigenvalue weighted by Crippen LogP contribution is 2.44. The number of thiophene rings is 1. The van der Waals surface area contributed by atoms with E-state index in [1.165, 1.54) is 0 Å². The number of ketones is 1. The number of hydrogen-bond acceptors (Lipinski definition) is 5. The molecule has 1 heterocycles. The molecule has 0 saturated heterocycles. The zero-order valence-corrected chi connectivity index (χ0v) is 14.9. The molecule has 0 aliphatic heterocycles. The van der Waals surface area contributed by atoms with Crippen molar-refractivity contribution in [3.05, 3.63) is 51.9 Å². The van der Waals surface area contributed by atoms with Crippen molar-refractivity contribution in [3.8, 4) is 0 Å². The lowest BCUT2D eigenvalue weighted by atomic mass is 9.67. The number of rotatable bonds is 4. The van der Waals surface area contributed by atoms with E-state index in [0.717, 1.165) is 24.2 Å². The third-order valence-corrected chi connectivity index (χ3v) is 6.26. The lowest BCUT2D eigenvalue weighted by Crippen LogP contribution is -2.50. The van der Waals surface area contributed by atoms with Crippen molar-refractivity contribution < 1.29 is 14.4 Å². The van der Waals surface area contributed by atoms with E-state index in [9.17, 15) is 14.4 Å². The summed E-state index contributed by atoms with van der Waals surface area (Å²) in [6.45, 7) is 0. The standard InChI is InChI=1S/C19H19N3O3S/c20-16-13(17(24)22-11-6-7-11)12-8-9-19(18(21)25,15(23)14(12)26-16)10-4-2-1-3-5-10/h1-5,11H,6-9,20H2,(H2,21,25)(H,22,24). The van der Waals surface area contributed by atoms with Crippen LogP contribution in [0, 0.1) is 0 Å². The van der Waals surface area contributed by atoms with E-state index in [1.54, 1.807) is 24.3 Å². The molecule has 2 amide bonds. The normalized spacial score (nSPS) is 21.9. The van der Waals surface area contributed by atoms with Gasteiger partial charge in [-0.1, -0.05) is 30.3 Å². The summed E-state index contributed by atoms with van der Waals surface area (Å²) in [5.74, 6) is -1.27. The second kappa shape index (κ2) is 5.95. The molecule has 1 saturated carbocycles. The Hall–Kier alpha value is -2.67. The minimum Gasteiger partial charge on any atom is -0.390 e. The van der Waals surface area contributed by atoms with Gasteiger partial charge in [-0.15, -0.1) is 11.3 Å². The number of anilines is 1. The van der Waals surface area contributed by atoms with Crippen molar-refractivity contribution in [1.82, 2.24) is 5.32 Å². The zero-order valence-electron chi connectivity index (χ0n) is 14.1. The van der Waals surface area contributed by atoms with Gasteiger partial charge in [0.05, 0.1) is 15.4 Å². The van der Waals surface area contributed by atoms with E-state index >= 15 is 0 Å². The van der Waals surface area contributed by atoms with Crippen LogP contribution in [0.5, 0.6) is 0 Å². The van der Waals surface area contributed by atoms with Crippen molar-refractivity contribution >= 4 is 33.9 Å². The minimum absolute atomic E-state index is 0.200. The molecule has 0 spiro atoms. The van der Waals surface area contributed by atoms with Crippen molar-refractivity contribution in [1.29, 1.82) is 0 Å². The van der Waals surface area contributed by atoms with Gasteiger partial charge in [0.1, 0.15) is 5.41 Å². The number of primary amides is 1. The molecule has 0 radical (unpaired) electrons. The second-order valence-electron chi connectivity index (χ2n) is 6.86. The van der Waals surface area contributed by atoms with Gasteiger partial charge in [0.15, 0.2) is 5.78 Å². The van der Waals surface area contributed by atoms with Gasteiger partial charge >= 0.3 is 0 Å². The molecule has 2 aromatic rings. The van der Waals surface area contributed by atoms with Crippen LogP contribution in [0.15, 0.2) is 30.3 Å². The maximum atomic E-state index is 13.3. The summed E-state index contributed by atoms with van der Waals surface area (Å²) in [6.07, 6.45) is 2.57. The molecule has 26 heavy (non-hydrogen) atoms. The van der Waals surface area contributed by atoms with Gasteiger partial charge in [-0.25, -0.2) is 0 Å². The highest BCUT2D eigenvalue weighted by atomic mass is 32.1. The number of hydrogen-bond donors (Lipinski definition) is 3. The molecule has 1 atom stereocenters. The minimum atomic E-state index is -1.41. The van der Waals surface area contributed by atoms with Crippen LogP contribution in [-0.2, 0) is 16.6 Å². The molecule has 2 aliphatic rings. The van der Waals surface area contributed by atoms with E-state index in [1.807, 2.05) is 6.07 Å². The molecule has 6 nitrogen and oxygen atoms in total. The monoisotopic (exact) mass is 369 g/mol. The Morgan fingerprint density at radius 3 is 2.50 bits per heavy atom. The van der Waals surface area contributed by atoms with E-state index < -0.39 is 11.3 Å². The first kappa shape index (κ1) is 16.8. The van der Waals surface area contributed by atoms with Crippen LogP contribution in [0.1, 0.15) is 50.4 Å². The summed E-state index contributed by atoms with van der Waals surface area (Å²) < 4.78 is 0. The molecule has 5 N–H and O–H groups in total. The first-order valence-electron chi connectivity index (χ1n) is 8.57. The number of carbonyl (C=O) groups excluding carboxylic acids is 3. The van der Waals surface area contributed by atoms with Crippen LogP contribution < -0.4 is 16.8 Å². The number of amides is 2. The molecule has 4 rings (SSSR count). The predicted octanol–water partition coefficient (Wildman–Crippen LogP) is 1.77. The molecular formula is C19H19N3O3S. The maximum Gasteiger partial charge on any atom is 0.254 e. The Morgan fingerprint density at radius 1 is 1.19 bits per heavy atom. The fraction of sp³-hybridized carbons (Fsp3) is 0.316. The van der Waals surface area contributed by atoms with Crippen molar-refractivity contribution in [3.63, 3.8) is 0 Å². The van der Waals surface area contributed by atoms with Gasteiger partial charge in [-0.2, -0.15) is 0 Å². The first-order valence-corrected chi connectivity index (χ1v) is 9.39. The Labute approximate surface area is 154 Å². The molecule has 0 bridgehead atoms. The number of nitrogen functional groups attached to an aromatic ring is 1. The van der Waals surface area contributed by atoms with Crippen LogP contribution in [0.25, 0.3) is 0 Å². The smallest absolute Gasteiger partial charge is 0.254 e. The Morgan fingerprint density at radius 2 is 1.88 bits per heavy atom. The lowest BCUT2D eigenvalue weighted by molar-refractivity contribution is -0.122. The van der Waals surface area contributed by atoms with Gasteiger partial charge < -0.3 is 16.8 Å². The molecule has 1 fully saturated rings. The second-order valence-corrected chi connectivity index (χ2v) is 7.91. The highest BCUT2D eigenvalue weighted by molar-refractivity contribution is 7.18. The van der Waals surface area contributed by atoms with Crippen LogP contribution in [0.2, 0.25) is 0 Å². The van der Waals surface area contributed by atoms with E-state index in [-0.39, 0.29) is 24.2 Å². The van der Waals surface area contributed by atoms with Gasteiger partial charge in [-0.3, -0.25) is 14.4 Å². The average molecular weight is 369 g/mol. The highest BCUT2D eigenvalue weighted by Gasteiger charge is 2.51. The topological polar surface area (TPSA) is 115 Å². The van der Waals surface area contributed by atoms with Gasteiger partial charge in [0.2, 0.25) is 5.91 Å². The Bertz CT molecular complexity index is 918. The van der Waals surface area contributed by atoms with Crippen LogP contribution in [0.4, 0.5) is 5.00 Å². The third-order valence-electron chi connectivity index (χ3n) is 5.20. The number of nitrogens with one attached hydrogen (secondary N) is 1. The fourth-order valence-corrected chi connectivity index (χ4v) is 4.77. The lowest BCUT2D eigenvalue weighted by Gasteiger charge is -2.33. The van der Waals surface area contributed by atoms with Crippen molar-refractivity contribution in [2.75, 3.05) is 5.73 Å². The number of fused-ring (bicyclic) bond motifs is 1. The SMILES string of the molecule is NC(=O)C1(c2ccccc2)CCc2c(sc(N)c2C(=O)NC2CC2)C1=O. The third kappa shape index (κ3) is 2.42. The summed E-state index contributed by atoms with van der Waals surface area (Å²) in [5.41, 5.74) is 12.0. The largest absolute Gasteiger partial charge is 0.390 e. The van der Waals surface area contributed by atoms with E-state index in [4.69, 9.17) is 11.5 Å². The van der Waals surface area contributed by atoms with Gasteiger partial charge in [0.25, 0.3) is 5.91 Å². The van der Waals surface area contributed by atoms with Crippen molar-refractivity contribution in [2.45, 2.75) is 37.1 Å². The van der Waals surface area contributed by atoms with E-state index in [2.05, 4.69) is 5.32 Å². The van der Waals surface area contributed by atoms with Crippen molar-refractivity contribution in [2.24, 2.45) is 5.73 Å². The zero-order chi connectivity index (χ0) is 18.5. The quantitative estimate of drug-likeness (QED) is 0.712. The Kier molecular flexibility index (Phi) is 3.84. The summed E-state index contributed by atoms with van der Waals surface area (Å²) in [6, 6.07) is 9.06. The van der Waals surface area contributed by atoms with E-state index in [0.29, 0.717) is 33.0 Å². The molecule has 134 valence electrons. The summed E-state index contributed by atoms with van der Waals surface area (Å²) in [4.78, 5) is 38.6.